The molecule has 112 valence electrons. The Hall–Kier alpha value is -2.01. The van der Waals surface area contributed by atoms with Crippen LogP contribution in [0.15, 0.2) is 35.9 Å². The Morgan fingerprint density at radius 2 is 2.19 bits per heavy atom. The standard InChI is InChI=1S/C15H17ClN2O3/c1-11-5-7-17(8-6-11)15(21)18(10-14(19)20)13-4-2-3-12(16)9-13/h2-5,9H,6-8,10H2,1H3,(H,19,20). The first-order valence-corrected chi connectivity index (χ1v) is 7.04. The van der Waals surface area contributed by atoms with Gasteiger partial charge in [0.25, 0.3) is 0 Å². The second-order valence-electron chi connectivity index (χ2n) is 4.99. The Labute approximate surface area is 128 Å². The third kappa shape index (κ3) is 3.98. The summed E-state index contributed by atoms with van der Waals surface area (Å²) in [7, 11) is 0. The van der Waals surface area contributed by atoms with Gasteiger partial charge in [0.2, 0.25) is 0 Å². The number of carboxylic acid groups (broad SMARTS) is 1. The zero-order valence-electron chi connectivity index (χ0n) is 11.8. The minimum Gasteiger partial charge on any atom is -0.480 e. The number of hydrogen-bond acceptors (Lipinski definition) is 2. The van der Waals surface area contributed by atoms with Crippen molar-refractivity contribution in [1.82, 2.24) is 4.90 Å². The van der Waals surface area contributed by atoms with E-state index < -0.39 is 12.5 Å². The van der Waals surface area contributed by atoms with E-state index in [1.54, 1.807) is 29.2 Å². The van der Waals surface area contributed by atoms with Crippen LogP contribution in [0.1, 0.15) is 13.3 Å². The minimum absolute atomic E-state index is 0.316. The van der Waals surface area contributed by atoms with Gasteiger partial charge < -0.3 is 10.0 Å². The average Bonchev–Trinajstić information content (AvgIpc) is 2.44. The summed E-state index contributed by atoms with van der Waals surface area (Å²) in [6.07, 6.45) is 2.79. The van der Waals surface area contributed by atoms with E-state index in [9.17, 15) is 9.59 Å². The van der Waals surface area contributed by atoms with Gasteiger partial charge in [0, 0.05) is 23.8 Å². The summed E-state index contributed by atoms with van der Waals surface area (Å²) >= 11 is 5.93. The zero-order valence-corrected chi connectivity index (χ0v) is 12.5. The lowest BCUT2D eigenvalue weighted by Gasteiger charge is -2.31. The molecule has 2 rings (SSSR count). The van der Waals surface area contributed by atoms with Gasteiger partial charge in [0.05, 0.1) is 0 Å². The van der Waals surface area contributed by atoms with Gasteiger partial charge in [-0.2, -0.15) is 0 Å². The Kier molecular flexibility index (Phi) is 4.85. The molecule has 0 atom stereocenters. The van der Waals surface area contributed by atoms with Crippen LogP contribution in [0.25, 0.3) is 0 Å². The molecule has 0 radical (unpaired) electrons. The molecule has 0 aliphatic carbocycles. The summed E-state index contributed by atoms with van der Waals surface area (Å²) in [5, 5.41) is 9.51. The number of rotatable bonds is 3. The highest BCUT2D eigenvalue weighted by molar-refractivity contribution is 6.30. The molecule has 1 aliphatic heterocycles. The molecule has 0 saturated carbocycles. The molecule has 1 aromatic carbocycles. The van der Waals surface area contributed by atoms with Crippen molar-refractivity contribution in [3.05, 3.63) is 40.9 Å². The SMILES string of the molecule is CC1=CCN(C(=O)N(CC(=O)O)c2cccc(Cl)c2)CC1. The van der Waals surface area contributed by atoms with Crippen LogP contribution in [0, 0.1) is 0 Å². The highest BCUT2D eigenvalue weighted by atomic mass is 35.5. The molecule has 0 unspecified atom stereocenters. The summed E-state index contributed by atoms with van der Waals surface area (Å²) in [6, 6.07) is 6.33. The van der Waals surface area contributed by atoms with Crippen LogP contribution in [0.5, 0.6) is 0 Å². The highest BCUT2D eigenvalue weighted by Crippen LogP contribution is 2.22. The van der Waals surface area contributed by atoms with E-state index in [0.29, 0.717) is 23.8 Å². The van der Waals surface area contributed by atoms with Crippen molar-refractivity contribution in [3.63, 3.8) is 0 Å². The fourth-order valence-corrected chi connectivity index (χ4v) is 2.35. The Balaban J connectivity index is 2.23. The summed E-state index contributed by atoms with van der Waals surface area (Å²) in [4.78, 5) is 26.5. The predicted molar refractivity (Wildman–Crippen MR) is 81.8 cm³/mol. The van der Waals surface area contributed by atoms with Crippen molar-refractivity contribution in [3.8, 4) is 0 Å². The van der Waals surface area contributed by atoms with Crippen molar-refractivity contribution in [2.45, 2.75) is 13.3 Å². The van der Waals surface area contributed by atoms with Crippen LogP contribution in [0.2, 0.25) is 5.02 Å². The van der Waals surface area contributed by atoms with E-state index in [4.69, 9.17) is 16.7 Å². The number of benzene rings is 1. The second-order valence-corrected chi connectivity index (χ2v) is 5.43. The average molecular weight is 309 g/mol. The molecule has 1 aliphatic rings. The van der Waals surface area contributed by atoms with Gasteiger partial charge in [-0.25, -0.2) is 4.79 Å². The highest BCUT2D eigenvalue weighted by Gasteiger charge is 2.25. The molecule has 0 saturated heterocycles. The van der Waals surface area contributed by atoms with Gasteiger partial charge in [-0.1, -0.05) is 29.3 Å². The summed E-state index contributed by atoms with van der Waals surface area (Å²) in [6.45, 7) is 2.73. The van der Waals surface area contributed by atoms with Crippen LogP contribution >= 0.6 is 11.6 Å². The second kappa shape index (κ2) is 6.63. The first-order valence-electron chi connectivity index (χ1n) is 6.67. The number of urea groups is 1. The maximum absolute atomic E-state index is 12.6. The number of carbonyl (C=O) groups excluding carboxylic acids is 1. The van der Waals surface area contributed by atoms with Gasteiger partial charge in [-0.05, 0) is 31.5 Å². The lowest BCUT2D eigenvalue weighted by Crippen LogP contribution is -2.47. The molecule has 1 N–H and O–H groups in total. The van der Waals surface area contributed by atoms with E-state index >= 15 is 0 Å². The van der Waals surface area contributed by atoms with Gasteiger partial charge in [0.15, 0.2) is 0 Å². The molecule has 6 heteroatoms. The van der Waals surface area contributed by atoms with Crippen LogP contribution in [-0.2, 0) is 4.79 Å². The van der Waals surface area contributed by atoms with Gasteiger partial charge >= 0.3 is 12.0 Å². The van der Waals surface area contributed by atoms with Gasteiger partial charge in [-0.3, -0.25) is 9.69 Å². The molecule has 1 heterocycles. The Morgan fingerprint density at radius 1 is 1.43 bits per heavy atom. The molecular formula is C15H17ClN2O3. The number of nitrogens with zero attached hydrogens (tertiary/aromatic N) is 2. The molecule has 0 spiro atoms. The fraction of sp³-hybridized carbons (Fsp3) is 0.333. The number of carbonyl (C=O) groups is 2. The van der Waals surface area contributed by atoms with Gasteiger partial charge in [-0.15, -0.1) is 0 Å². The summed E-state index contributed by atoms with van der Waals surface area (Å²) < 4.78 is 0. The monoisotopic (exact) mass is 308 g/mol. The maximum Gasteiger partial charge on any atom is 0.325 e. The quantitative estimate of drug-likeness (QED) is 0.873. The molecule has 1 aromatic rings. The van der Waals surface area contributed by atoms with Crippen molar-refractivity contribution in [2.75, 3.05) is 24.5 Å². The van der Waals surface area contributed by atoms with E-state index in [-0.39, 0.29) is 6.03 Å². The lowest BCUT2D eigenvalue weighted by molar-refractivity contribution is -0.135. The molecule has 2 amide bonds. The maximum atomic E-state index is 12.6. The number of aliphatic carboxylic acids is 1. The fourth-order valence-electron chi connectivity index (χ4n) is 2.16. The number of carboxylic acids is 1. The first kappa shape index (κ1) is 15.4. The molecule has 0 bridgehead atoms. The summed E-state index contributed by atoms with van der Waals surface area (Å²) in [5.41, 5.74) is 1.73. The Bertz CT molecular complexity index is 586. The third-order valence-corrected chi connectivity index (χ3v) is 3.59. The van der Waals surface area contributed by atoms with Crippen LogP contribution in [0.4, 0.5) is 10.5 Å². The largest absolute Gasteiger partial charge is 0.480 e. The number of amides is 2. The van der Waals surface area contributed by atoms with E-state index in [1.807, 2.05) is 13.0 Å². The minimum atomic E-state index is -1.06. The van der Waals surface area contributed by atoms with Crippen molar-refractivity contribution in [2.24, 2.45) is 0 Å². The third-order valence-electron chi connectivity index (χ3n) is 3.35. The molecule has 0 aromatic heterocycles. The zero-order chi connectivity index (χ0) is 15.4. The van der Waals surface area contributed by atoms with Crippen LogP contribution in [0.3, 0.4) is 0 Å². The summed E-state index contributed by atoms with van der Waals surface area (Å²) in [5.74, 6) is -1.06. The number of halogens is 1. The molecule has 0 fully saturated rings. The smallest absolute Gasteiger partial charge is 0.325 e. The van der Waals surface area contributed by atoms with E-state index in [0.717, 1.165) is 6.42 Å². The normalized spacial score (nSPS) is 14.6. The van der Waals surface area contributed by atoms with Crippen molar-refractivity contribution < 1.29 is 14.7 Å². The van der Waals surface area contributed by atoms with Gasteiger partial charge in [0.1, 0.15) is 6.54 Å². The number of anilines is 1. The predicted octanol–water partition coefficient (Wildman–Crippen LogP) is 3.00. The lowest BCUT2D eigenvalue weighted by atomic mass is 10.1. The van der Waals surface area contributed by atoms with E-state index in [1.165, 1.54) is 10.5 Å². The Morgan fingerprint density at radius 3 is 2.76 bits per heavy atom. The van der Waals surface area contributed by atoms with Crippen LogP contribution in [-0.4, -0.2) is 41.6 Å². The van der Waals surface area contributed by atoms with Crippen LogP contribution < -0.4 is 4.90 Å². The van der Waals surface area contributed by atoms with E-state index in [2.05, 4.69) is 0 Å². The first-order chi connectivity index (χ1) is 9.97. The molecule has 21 heavy (non-hydrogen) atoms. The molecular weight excluding hydrogens is 292 g/mol. The topological polar surface area (TPSA) is 60.9 Å². The van der Waals surface area contributed by atoms with Crippen molar-refractivity contribution >= 4 is 29.3 Å². The molecule has 5 nitrogen and oxygen atoms in total. The van der Waals surface area contributed by atoms with Crippen molar-refractivity contribution in [1.29, 1.82) is 0 Å². The number of hydrogen-bond donors (Lipinski definition) is 1.